The first kappa shape index (κ1) is 15.9. The van der Waals surface area contributed by atoms with Crippen molar-refractivity contribution in [3.63, 3.8) is 0 Å². The maximum absolute atomic E-state index is 2.42. The minimum absolute atomic E-state index is 0.581. The minimum Gasteiger partial charge on any atom is -0.0761 e. The quantitative estimate of drug-likeness (QED) is 0.576. The summed E-state index contributed by atoms with van der Waals surface area (Å²) in [5, 5.41) is 0. The molecule has 0 saturated heterocycles. The Kier molecular flexibility index (Phi) is 3.74. The molecule has 0 saturated carbocycles. The molecule has 0 aromatic heterocycles. The lowest BCUT2D eigenvalue weighted by Gasteiger charge is -2.15. The summed E-state index contributed by atoms with van der Waals surface area (Å²) in [6.45, 7) is 4.62. The zero-order chi connectivity index (χ0) is 17.7. The summed E-state index contributed by atoms with van der Waals surface area (Å²) < 4.78 is 0. The Morgan fingerprint density at radius 2 is 1.96 bits per heavy atom. The molecule has 1 atom stereocenters. The molecule has 0 fully saturated rings. The fourth-order valence-electron chi connectivity index (χ4n) is 4.92. The van der Waals surface area contributed by atoms with Crippen molar-refractivity contribution in [2.75, 3.05) is 0 Å². The lowest BCUT2D eigenvalue weighted by molar-refractivity contribution is 0.584. The van der Waals surface area contributed by atoms with Crippen LogP contribution in [0.5, 0.6) is 0 Å². The van der Waals surface area contributed by atoms with Crippen molar-refractivity contribution in [2.24, 2.45) is 5.92 Å². The standard InChI is InChI=1S/C26H26/c1-17(2)23-13-12-22-16-20(11-14-26(22)23)19-9-10-21(15-19)25-8-4-6-18-5-3-7-24(18)25/h4,6,8,10-17,23H,3,5,7,9H2,1-2H3. The Morgan fingerprint density at radius 3 is 2.85 bits per heavy atom. The second-order valence-corrected chi connectivity index (χ2v) is 8.30. The van der Waals surface area contributed by atoms with Crippen molar-refractivity contribution < 1.29 is 0 Å². The highest BCUT2D eigenvalue weighted by atomic mass is 14.3. The second-order valence-electron chi connectivity index (χ2n) is 8.30. The van der Waals surface area contributed by atoms with Gasteiger partial charge in [0.15, 0.2) is 0 Å². The number of aryl methyl sites for hydroxylation is 1. The third-order valence-corrected chi connectivity index (χ3v) is 6.35. The molecule has 3 aliphatic rings. The summed E-state index contributed by atoms with van der Waals surface area (Å²) in [6.07, 6.45) is 14.4. The molecule has 0 heterocycles. The van der Waals surface area contributed by atoms with Crippen molar-refractivity contribution in [1.82, 2.24) is 0 Å². The van der Waals surface area contributed by atoms with Crippen LogP contribution in [0.1, 0.15) is 66.0 Å². The van der Waals surface area contributed by atoms with Gasteiger partial charge >= 0.3 is 0 Å². The summed E-state index contributed by atoms with van der Waals surface area (Å²) in [4.78, 5) is 0. The number of hydrogen-bond acceptors (Lipinski definition) is 0. The Bertz CT molecular complexity index is 966. The van der Waals surface area contributed by atoms with Crippen molar-refractivity contribution in [1.29, 1.82) is 0 Å². The van der Waals surface area contributed by atoms with Gasteiger partial charge < -0.3 is 0 Å². The van der Waals surface area contributed by atoms with Crippen LogP contribution in [0.3, 0.4) is 0 Å². The highest BCUT2D eigenvalue weighted by molar-refractivity contribution is 5.91. The van der Waals surface area contributed by atoms with Gasteiger partial charge in [-0.2, -0.15) is 0 Å². The van der Waals surface area contributed by atoms with Gasteiger partial charge in [0.25, 0.3) is 0 Å². The summed E-state index contributed by atoms with van der Waals surface area (Å²) in [5.41, 5.74) is 11.8. The van der Waals surface area contributed by atoms with E-state index >= 15 is 0 Å². The van der Waals surface area contributed by atoms with Gasteiger partial charge in [0.2, 0.25) is 0 Å². The molecule has 0 radical (unpaired) electrons. The van der Waals surface area contributed by atoms with Crippen LogP contribution in [0.2, 0.25) is 0 Å². The maximum Gasteiger partial charge on any atom is 0.00502 e. The summed E-state index contributed by atoms with van der Waals surface area (Å²) in [7, 11) is 0. The average molecular weight is 338 g/mol. The monoisotopic (exact) mass is 338 g/mol. The lowest BCUT2D eigenvalue weighted by atomic mass is 9.89. The Balaban J connectivity index is 1.46. The molecule has 3 aliphatic carbocycles. The predicted octanol–water partition coefficient (Wildman–Crippen LogP) is 6.81. The van der Waals surface area contributed by atoms with Crippen molar-refractivity contribution in [3.05, 3.63) is 88.0 Å². The molecule has 130 valence electrons. The topological polar surface area (TPSA) is 0 Å². The molecule has 0 aliphatic heterocycles. The highest BCUT2D eigenvalue weighted by Gasteiger charge is 2.22. The molecule has 0 bridgehead atoms. The first-order valence-electron chi connectivity index (χ1n) is 10.0. The number of allylic oxidation sites excluding steroid dienone is 5. The van der Waals surface area contributed by atoms with Crippen LogP contribution < -0.4 is 0 Å². The van der Waals surface area contributed by atoms with Crippen LogP contribution in [0.25, 0.3) is 17.2 Å². The first-order valence-corrected chi connectivity index (χ1v) is 10.0. The molecular weight excluding hydrogens is 312 g/mol. The van der Waals surface area contributed by atoms with Crippen LogP contribution in [0.4, 0.5) is 0 Å². The number of rotatable bonds is 3. The molecule has 0 N–H and O–H groups in total. The first-order chi connectivity index (χ1) is 12.7. The predicted molar refractivity (Wildman–Crippen MR) is 112 cm³/mol. The van der Waals surface area contributed by atoms with E-state index < -0.39 is 0 Å². The number of hydrogen-bond donors (Lipinski definition) is 0. The van der Waals surface area contributed by atoms with Crippen molar-refractivity contribution in [3.8, 4) is 0 Å². The number of fused-ring (bicyclic) bond motifs is 2. The summed E-state index contributed by atoms with van der Waals surface area (Å²) in [5.74, 6) is 1.25. The molecule has 0 spiro atoms. The highest BCUT2D eigenvalue weighted by Crippen LogP contribution is 2.40. The van der Waals surface area contributed by atoms with Crippen molar-refractivity contribution >= 4 is 17.2 Å². The van der Waals surface area contributed by atoms with E-state index in [1.54, 1.807) is 11.1 Å². The number of benzene rings is 2. The fraction of sp³-hybridized carbons (Fsp3) is 0.308. The van der Waals surface area contributed by atoms with Gasteiger partial charge in [-0.1, -0.05) is 68.5 Å². The minimum atomic E-state index is 0.581. The van der Waals surface area contributed by atoms with E-state index in [4.69, 9.17) is 0 Å². The average Bonchev–Trinajstić information content (AvgIpc) is 3.38. The van der Waals surface area contributed by atoms with Crippen LogP contribution in [-0.4, -0.2) is 0 Å². The molecule has 0 heteroatoms. The van der Waals surface area contributed by atoms with E-state index in [9.17, 15) is 0 Å². The maximum atomic E-state index is 2.42. The van der Waals surface area contributed by atoms with Crippen LogP contribution in [0.15, 0.2) is 54.6 Å². The van der Waals surface area contributed by atoms with E-state index in [0.717, 1.165) is 6.42 Å². The molecule has 5 rings (SSSR count). The largest absolute Gasteiger partial charge is 0.0761 e. The lowest BCUT2D eigenvalue weighted by Crippen LogP contribution is -2.01. The van der Waals surface area contributed by atoms with Gasteiger partial charge in [0.1, 0.15) is 0 Å². The molecule has 0 nitrogen and oxygen atoms in total. The molecule has 2 aromatic rings. The second kappa shape index (κ2) is 6.13. The van der Waals surface area contributed by atoms with Gasteiger partial charge in [-0.3, -0.25) is 0 Å². The summed E-state index contributed by atoms with van der Waals surface area (Å²) in [6, 6.07) is 13.9. The molecule has 2 aromatic carbocycles. The van der Waals surface area contributed by atoms with Gasteiger partial charge in [-0.25, -0.2) is 0 Å². The fourth-order valence-corrected chi connectivity index (χ4v) is 4.92. The van der Waals surface area contributed by atoms with E-state index in [-0.39, 0.29) is 0 Å². The van der Waals surface area contributed by atoms with Crippen LogP contribution in [-0.2, 0) is 12.8 Å². The Morgan fingerprint density at radius 1 is 1.04 bits per heavy atom. The zero-order valence-corrected chi connectivity index (χ0v) is 15.8. The third kappa shape index (κ3) is 2.51. The molecule has 1 unspecified atom stereocenters. The molecule has 26 heavy (non-hydrogen) atoms. The SMILES string of the molecule is CC(C)C1C=Cc2cc(C3=CC(c4cccc5c4CCC5)=CC3)ccc21. The van der Waals surface area contributed by atoms with Gasteiger partial charge in [-0.15, -0.1) is 0 Å². The van der Waals surface area contributed by atoms with Crippen LogP contribution >= 0.6 is 0 Å². The van der Waals surface area contributed by atoms with Crippen molar-refractivity contribution in [2.45, 2.75) is 45.4 Å². The smallest absolute Gasteiger partial charge is 0.00502 e. The zero-order valence-electron chi connectivity index (χ0n) is 15.8. The van der Waals surface area contributed by atoms with E-state index in [0.29, 0.717) is 11.8 Å². The molecular formula is C26H26. The van der Waals surface area contributed by atoms with Gasteiger partial charge in [0, 0.05) is 5.92 Å². The van der Waals surface area contributed by atoms with E-state index in [1.165, 1.54) is 52.7 Å². The summed E-state index contributed by atoms with van der Waals surface area (Å²) >= 11 is 0. The van der Waals surface area contributed by atoms with Gasteiger partial charge in [-0.05, 0) is 82.2 Å². The van der Waals surface area contributed by atoms with E-state index in [2.05, 4.69) is 74.5 Å². The Labute approximate surface area is 157 Å². The molecule has 0 amide bonds. The third-order valence-electron chi connectivity index (χ3n) is 6.35. The van der Waals surface area contributed by atoms with Crippen LogP contribution in [0, 0.1) is 5.92 Å². The van der Waals surface area contributed by atoms with Gasteiger partial charge in [0.05, 0.1) is 0 Å². The van der Waals surface area contributed by atoms with E-state index in [1.807, 2.05) is 0 Å². The Hall–Kier alpha value is -2.34. The normalized spacial score (nSPS) is 20.3.